The Morgan fingerprint density at radius 3 is 2.26 bits per heavy atom. The Morgan fingerprint density at radius 1 is 0.925 bits per heavy atom. The monoisotopic (exact) mass is 782 g/mol. The van der Waals surface area contributed by atoms with Crippen LogP contribution in [-0.4, -0.2) is 96.1 Å². The summed E-state index contributed by atoms with van der Waals surface area (Å²) in [6.45, 7) is 2.20. The molecule has 53 heavy (non-hydrogen) atoms. The van der Waals surface area contributed by atoms with Crippen molar-refractivity contribution in [2.75, 3.05) is 11.5 Å². The molecular weight excluding hydrogens is 727 g/mol. The van der Waals surface area contributed by atoms with E-state index in [2.05, 4.69) is 13.0 Å². The predicted octanol–water partition coefficient (Wildman–Crippen LogP) is 6.60. The summed E-state index contributed by atoms with van der Waals surface area (Å²) in [6, 6.07) is 5.69. The van der Waals surface area contributed by atoms with Gasteiger partial charge < -0.3 is 35.0 Å². The number of alkyl halides is 5. The molecule has 0 aromatic heterocycles. The molecular formula is C38H55F5O9S. The van der Waals surface area contributed by atoms with Crippen LogP contribution >= 0.6 is 0 Å². The van der Waals surface area contributed by atoms with Crippen LogP contribution in [0.1, 0.15) is 114 Å². The number of aliphatic hydroxyl groups excluding tert-OH is 3. The molecule has 4 aliphatic rings. The van der Waals surface area contributed by atoms with Crippen molar-refractivity contribution in [1.29, 1.82) is 0 Å². The molecule has 1 heterocycles. The van der Waals surface area contributed by atoms with E-state index >= 15 is 0 Å². The van der Waals surface area contributed by atoms with Crippen molar-refractivity contribution in [2.24, 2.45) is 23.2 Å². The van der Waals surface area contributed by atoms with Gasteiger partial charge in [0, 0.05) is 28.7 Å². The average Bonchev–Trinajstić information content (AvgIpc) is 3.42. The number of halogens is 5. The number of benzene rings is 1. The van der Waals surface area contributed by atoms with E-state index in [0.717, 1.165) is 70.6 Å². The van der Waals surface area contributed by atoms with Gasteiger partial charge in [0.05, 0.1) is 6.10 Å². The molecule has 4 unspecified atom stereocenters. The molecule has 5 rings (SSSR count). The zero-order chi connectivity index (χ0) is 38.7. The van der Waals surface area contributed by atoms with Crippen LogP contribution in [0.25, 0.3) is 0 Å². The molecule has 302 valence electrons. The molecule has 3 fully saturated rings. The second kappa shape index (κ2) is 17.5. The number of hydrogen-bond acceptors (Lipinski definition) is 8. The number of unbranched alkanes of at least 4 members (excludes halogenated alkanes) is 6. The zero-order valence-electron chi connectivity index (χ0n) is 30.2. The van der Waals surface area contributed by atoms with Crippen LogP contribution in [0.3, 0.4) is 0 Å². The molecule has 5 N–H and O–H groups in total. The van der Waals surface area contributed by atoms with E-state index in [1.807, 2.05) is 6.07 Å². The van der Waals surface area contributed by atoms with Crippen molar-refractivity contribution >= 4 is 16.8 Å². The zero-order valence-corrected chi connectivity index (χ0v) is 31.0. The minimum Gasteiger partial charge on any atom is -0.508 e. The minimum absolute atomic E-state index is 0.160. The first-order chi connectivity index (χ1) is 24.9. The summed E-state index contributed by atoms with van der Waals surface area (Å²) in [5.41, 5.74) is 2.18. The van der Waals surface area contributed by atoms with E-state index in [4.69, 9.17) is 9.47 Å². The fraction of sp³-hybridized carbons (Fsp3) is 0.816. The summed E-state index contributed by atoms with van der Waals surface area (Å²) in [7, 11) is -1.41. The normalized spacial score (nSPS) is 35.0. The molecule has 0 spiro atoms. The van der Waals surface area contributed by atoms with Crippen LogP contribution in [0.4, 0.5) is 22.0 Å². The standard InChI is InChI=1S/C38H55F5O9S/c1-36-17-15-26-25-12-11-24(44)21-23(25)20-22(10-7-5-3-2-4-6-8-18-53(50)19-9-16-37(39,40)38(41,42)43)29(26)27(36)13-14-28(36)51-35-32(47)30(45)31(46)33(52-35)34(48)49/h11-12,21-22,26-33,35,44-47H,2-10,13-20H2,1H3,(H,48,49)/t22-,26-,27+,28-,29+,30?,31-,32?,33?,35+,36-,53?/m0/s1. The van der Waals surface area contributed by atoms with Gasteiger partial charge in [0.15, 0.2) is 12.4 Å². The van der Waals surface area contributed by atoms with Gasteiger partial charge >= 0.3 is 18.1 Å². The van der Waals surface area contributed by atoms with Crippen LogP contribution < -0.4 is 0 Å². The maximum absolute atomic E-state index is 13.1. The van der Waals surface area contributed by atoms with E-state index in [1.54, 1.807) is 6.07 Å². The molecule has 1 aromatic carbocycles. The molecule has 0 amide bonds. The first-order valence-electron chi connectivity index (χ1n) is 19.1. The lowest BCUT2D eigenvalue weighted by molar-refractivity contribution is -0.312. The maximum atomic E-state index is 13.1. The molecule has 9 nitrogen and oxygen atoms in total. The molecule has 1 saturated heterocycles. The Morgan fingerprint density at radius 2 is 1.58 bits per heavy atom. The van der Waals surface area contributed by atoms with Crippen LogP contribution in [0.2, 0.25) is 0 Å². The number of phenolic OH excluding ortho intramolecular Hbond substituents is 1. The third-order valence-electron chi connectivity index (χ3n) is 12.6. The first-order valence-corrected chi connectivity index (χ1v) is 20.6. The van der Waals surface area contributed by atoms with Crippen molar-refractivity contribution in [3.63, 3.8) is 0 Å². The lowest BCUT2D eigenvalue weighted by Gasteiger charge is -2.54. The van der Waals surface area contributed by atoms with Crippen molar-refractivity contribution in [3.8, 4) is 5.75 Å². The number of aliphatic hydroxyl groups is 3. The minimum atomic E-state index is -5.58. The number of ether oxygens (including phenoxy) is 2. The molecule has 0 bridgehead atoms. The van der Waals surface area contributed by atoms with Gasteiger partial charge in [-0.1, -0.05) is 51.5 Å². The number of carboxylic acid groups (broad SMARTS) is 1. The Balaban J connectivity index is 1.11. The number of aromatic hydroxyl groups is 1. The van der Waals surface area contributed by atoms with Crippen molar-refractivity contribution in [2.45, 2.75) is 158 Å². The Bertz CT molecular complexity index is 1410. The van der Waals surface area contributed by atoms with E-state index in [-0.39, 0.29) is 28.9 Å². The third kappa shape index (κ3) is 9.56. The summed E-state index contributed by atoms with van der Waals surface area (Å²) in [6.07, 6.45) is -4.32. The molecule has 1 aliphatic heterocycles. The van der Waals surface area contributed by atoms with Gasteiger partial charge in [0.1, 0.15) is 24.1 Å². The maximum Gasteiger partial charge on any atom is 0.453 e. The third-order valence-corrected chi connectivity index (χ3v) is 14.1. The molecule has 12 atom stereocenters. The van der Waals surface area contributed by atoms with E-state index in [9.17, 15) is 56.5 Å². The highest BCUT2D eigenvalue weighted by Gasteiger charge is 2.59. The van der Waals surface area contributed by atoms with Gasteiger partial charge in [-0.2, -0.15) is 22.0 Å². The number of carboxylic acids is 1. The lowest BCUT2D eigenvalue weighted by atomic mass is 9.52. The number of fused-ring (bicyclic) bond motifs is 5. The average molecular weight is 783 g/mol. The van der Waals surface area contributed by atoms with Gasteiger partial charge in [-0.3, -0.25) is 4.21 Å². The van der Waals surface area contributed by atoms with Gasteiger partial charge in [-0.25, -0.2) is 4.79 Å². The molecule has 3 aliphatic carbocycles. The van der Waals surface area contributed by atoms with E-state index in [0.29, 0.717) is 36.3 Å². The smallest absolute Gasteiger partial charge is 0.453 e. The van der Waals surface area contributed by atoms with E-state index < -0.39 is 72.4 Å². The number of carbonyl (C=O) groups is 1. The largest absolute Gasteiger partial charge is 0.508 e. The second-order valence-electron chi connectivity index (χ2n) is 16.0. The van der Waals surface area contributed by atoms with Gasteiger partial charge in [-0.05, 0) is 104 Å². The highest BCUT2D eigenvalue weighted by molar-refractivity contribution is 7.84. The number of aliphatic carboxylic acids is 1. The number of phenols is 1. The summed E-state index contributed by atoms with van der Waals surface area (Å²) in [4.78, 5) is 11.7. The second-order valence-corrected chi connectivity index (χ2v) is 17.7. The number of rotatable bonds is 17. The van der Waals surface area contributed by atoms with Gasteiger partial charge in [0.2, 0.25) is 0 Å². The highest BCUT2D eigenvalue weighted by atomic mass is 32.2. The van der Waals surface area contributed by atoms with Gasteiger partial charge in [0.25, 0.3) is 0 Å². The Labute approximate surface area is 310 Å². The quantitative estimate of drug-likeness (QED) is 0.0870. The SMILES string of the molecule is C[C@]12CC[C@H]3c4ccc(O)cc4C[C@H](CCCCCCCCCS(=O)CCCC(F)(F)C(F)(F)F)[C@H]3[C@H]1CC[C@@H]2O[C@@H]1OC(C(=O)O)[C@@H](O)C(O)C1O. The van der Waals surface area contributed by atoms with Crippen molar-refractivity contribution < 1.29 is 66.0 Å². The predicted molar refractivity (Wildman–Crippen MR) is 186 cm³/mol. The summed E-state index contributed by atoms with van der Waals surface area (Å²) in [5.74, 6) is -4.48. The Hall–Kier alpha value is -1.91. The number of hydrogen-bond donors (Lipinski definition) is 5. The fourth-order valence-electron chi connectivity index (χ4n) is 9.81. The molecule has 0 radical (unpaired) electrons. The van der Waals surface area contributed by atoms with Crippen LogP contribution in [0.15, 0.2) is 18.2 Å². The topological polar surface area (TPSA) is 154 Å². The van der Waals surface area contributed by atoms with Crippen molar-refractivity contribution in [1.82, 2.24) is 0 Å². The van der Waals surface area contributed by atoms with Crippen molar-refractivity contribution in [3.05, 3.63) is 29.3 Å². The first kappa shape index (κ1) is 42.2. The van der Waals surface area contributed by atoms with Crippen LogP contribution in [0.5, 0.6) is 5.75 Å². The molecule has 1 aromatic rings. The summed E-state index contributed by atoms with van der Waals surface area (Å²) in [5, 5.41) is 51.0. The lowest BCUT2D eigenvalue weighted by Crippen LogP contribution is -2.61. The molecule has 2 saturated carbocycles. The van der Waals surface area contributed by atoms with Crippen LogP contribution in [0, 0.1) is 23.2 Å². The molecule has 15 heteroatoms. The summed E-state index contributed by atoms with van der Waals surface area (Å²) < 4.78 is 86.9. The van der Waals surface area contributed by atoms with Crippen LogP contribution in [-0.2, 0) is 31.5 Å². The fourth-order valence-corrected chi connectivity index (χ4v) is 11.0. The van der Waals surface area contributed by atoms with Gasteiger partial charge in [-0.15, -0.1) is 0 Å². The van der Waals surface area contributed by atoms with E-state index in [1.165, 1.54) is 11.1 Å². The summed E-state index contributed by atoms with van der Waals surface area (Å²) >= 11 is 0. The highest BCUT2D eigenvalue weighted by Crippen LogP contribution is 2.63. The Kier molecular flexibility index (Phi) is 13.9.